The Hall–Kier alpha value is -0.0900. The van der Waals surface area contributed by atoms with E-state index in [2.05, 4.69) is 30.3 Å². The Labute approximate surface area is 101 Å². The fraction of sp³-hybridized carbons (Fsp3) is 0.636. The molecule has 1 aromatic rings. The number of thiophene rings is 1. The maximum atomic E-state index is 5.90. The average molecular weight is 247 g/mol. The average Bonchev–Trinajstić information content (AvgIpc) is 2.60. The van der Waals surface area contributed by atoms with Crippen LogP contribution in [0.5, 0.6) is 0 Å². The van der Waals surface area contributed by atoms with Crippen LogP contribution in [0.15, 0.2) is 12.1 Å². The van der Waals surface area contributed by atoms with Crippen LogP contribution >= 0.6 is 22.9 Å². The third-order valence-electron chi connectivity index (χ3n) is 2.60. The fourth-order valence-corrected chi connectivity index (χ4v) is 2.56. The first-order valence-electron chi connectivity index (χ1n) is 5.22. The van der Waals surface area contributed by atoms with Gasteiger partial charge in [0.15, 0.2) is 0 Å². The summed E-state index contributed by atoms with van der Waals surface area (Å²) in [5.41, 5.74) is 0. The Balaban J connectivity index is 2.37. The zero-order chi connectivity index (χ0) is 11.3. The van der Waals surface area contributed by atoms with E-state index in [4.69, 9.17) is 11.6 Å². The molecule has 1 atom stereocenters. The van der Waals surface area contributed by atoms with Crippen LogP contribution in [-0.2, 0) is 6.54 Å². The summed E-state index contributed by atoms with van der Waals surface area (Å²) in [5.74, 6) is 0. The van der Waals surface area contributed by atoms with Gasteiger partial charge >= 0.3 is 0 Å². The summed E-state index contributed by atoms with van der Waals surface area (Å²) in [6.45, 7) is 4.31. The van der Waals surface area contributed by atoms with Gasteiger partial charge in [-0.3, -0.25) is 4.90 Å². The Bertz CT molecular complexity index is 288. The van der Waals surface area contributed by atoms with E-state index in [1.807, 2.05) is 13.1 Å². The zero-order valence-electron chi connectivity index (χ0n) is 9.59. The molecule has 1 N–H and O–H groups in total. The molecule has 1 aromatic heterocycles. The predicted octanol–water partition coefficient (Wildman–Crippen LogP) is 2.83. The second kappa shape index (κ2) is 6.48. The topological polar surface area (TPSA) is 15.3 Å². The number of hydrogen-bond acceptors (Lipinski definition) is 3. The summed E-state index contributed by atoms with van der Waals surface area (Å²) in [6, 6.07) is 4.67. The van der Waals surface area contributed by atoms with Crippen molar-refractivity contribution in [2.75, 3.05) is 20.6 Å². The van der Waals surface area contributed by atoms with Crippen LogP contribution in [0.25, 0.3) is 0 Å². The van der Waals surface area contributed by atoms with Gasteiger partial charge in [-0.25, -0.2) is 0 Å². The van der Waals surface area contributed by atoms with Gasteiger partial charge in [-0.2, -0.15) is 0 Å². The van der Waals surface area contributed by atoms with E-state index < -0.39 is 0 Å². The third-order valence-corrected chi connectivity index (χ3v) is 3.81. The number of nitrogens with zero attached hydrogens (tertiary/aromatic N) is 1. The first kappa shape index (κ1) is 13.0. The molecule has 0 aliphatic carbocycles. The lowest BCUT2D eigenvalue weighted by atomic mass is 10.2. The van der Waals surface area contributed by atoms with Gasteiger partial charge in [0, 0.05) is 17.5 Å². The molecule has 0 aliphatic heterocycles. The molecule has 0 aromatic carbocycles. The minimum Gasteiger partial charge on any atom is -0.320 e. The van der Waals surface area contributed by atoms with Crippen molar-refractivity contribution in [3.05, 3.63) is 21.3 Å². The predicted molar refractivity (Wildman–Crippen MR) is 68.8 cm³/mol. The molecule has 0 amide bonds. The van der Waals surface area contributed by atoms with Gasteiger partial charge in [-0.1, -0.05) is 11.6 Å². The molecule has 1 rings (SSSR count). The van der Waals surface area contributed by atoms with E-state index in [-0.39, 0.29) is 0 Å². The first-order valence-corrected chi connectivity index (χ1v) is 6.42. The maximum Gasteiger partial charge on any atom is 0.0931 e. The summed E-state index contributed by atoms with van der Waals surface area (Å²) >= 11 is 7.56. The van der Waals surface area contributed by atoms with Crippen LogP contribution in [0.4, 0.5) is 0 Å². The van der Waals surface area contributed by atoms with Gasteiger partial charge < -0.3 is 5.32 Å². The molecule has 0 aliphatic rings. The molecule has 0 radical (unpaired) electrons. The van der Waals surface area contributed by atoms with Crippen molar-refractivity contribution in [3.63, 3.8) is 0 Å². The summed E-state index contributed by atoms with van der Waals surface area (Å²) in [4.78, 5) is 3.69. The van der Waals surface area contributed by atoms with Crippen LogP contribution < -0.4 is 5.32 Å². The Kier molecular flexibility index (Phi) is 5.61. The SMILES string of the molecule is CNCCC(C)N(C)Cc1ccc(Cl)s1. The lowest BCUT2D eigenvalue weighted by Gasteiger charge is -2.23. The molecule has 4 heteroatoms. The Morgan fingerprint density at radius 1 is 1.53 bits per heavy atom. The number of nitrogens with one attached hydrogen (secondary N) is 1. The van der Waals surface area contributed by atoms with Crippen LogP contribution in [-0.4, -0.2) is 31.6 Å². The molecular weight excluding hydrogens is 228 g/mol. The van der Waals surface area contributed by atoms with E-state index in [0.717, 1.165) is 17.4 Å². The third kappa shape index (κ3) is 4.51. The van der Waals surface area contributed by atoms with Crippen LogP contribution in [0, 0.1) is 0 Å². The van der Waals surface area contributed by atoms with E-state index in [1.165, 1.54) is 11.3 Å². The highest BCUT2D eigenvalue weighted by molar-refractivity contribution is 7.16. The van der Waals surface area contributed by atoms with Gasteiger partial charge in [0.2, 0.25) is 0 Å². The largest absolute Gasteiger partial charge is 0.320 e. The Morgan fingerprint density at radius 3 is 2.80 bits per heavy atom. The smallest absolute Gasteiger partial charge is 0.0931 e. The first-order chi connectivity index (χ1) is 7.13. The van der Waals surface area contributed by atoms with Crippen molar-refractivity contribution in [2.45, 2.75) is 25.9 Å². The molecule has 2 nitrogen and oxygen atoms in total. The van der Waals surface area contributed by atoms with Crippen molar-refractivity contribution in [3.8, 4) is 0 Å². The molecule has 1 heterocycles. The van der Waals surface area contributed by atoms with Crippen molar-refractivity contribution >= 4 is 22.9 Å². The second-order valence-electron chi connectivity index (χ2n) is 3.86. The van der Waals surface area contributed by atoms with Gasteiger partial charge in [0.25, 0.3) is 0 Å². The van der Waals surface area contributed by atoms with Gasteiger partial charge in [0.05, 0.1) is 4.34 Å². The molecule has 86 valence electrons. The maximum absolute atomic E-state index is 5.90. The lowest BCUT2D eigenvalue weighted by molar-refractivity contribution is 0.239. The minimum absolute atomic E-state index is 0.596. The molecular formula is C11H19ClN2S. The van der Waals surface area contributed by atoms with Crippen molar-refractivity contribution < 1.29 is 0 Å². The lowest BCUT2D eigenvalue weighted by Crippen LogP contribution is -2.30. The molecule has 0 fully saturated rings. The number of halogens is 1. The Morgan fingerprint density at radius 2 is 2.27 bits per heavy atom. The fourth-order valence-electron chi connectivity index (χ4n) is 1.41. The van der Waals surface area contributed by atoms with E-state index in [1.54, 1.807) is 11.3 Å². The van der Waals surface area contributed by atoms with Gasteiger partial charge in [-0.15, -0.1) is 11.3 Å². The summed E-state index contributed by atoms with van der Waals surface area (Å²) in [5, 5.41) is 3.18. The molecule has 0 bridgehead atoms. The highest BCUT2D eigenvalue weighted by atomic mass is 35.5. The summed E-state index contributed by atoms with van der Waals surface area (Å²) in [7, 11) is 4.15. The van der Waals surface area contributed by atoms with Crippen LogP contribution in [0.1, 0.15) is 18.2 Å². The summed E-state index contributed by atoms with van der Waals surface area (Å²) < 4.78 is 0.876. The number of hydrogen-bond donors (Lipinski definition) is 1. The minimum atomic E-state index is 0.596. The highest BCUT2D eigenvalue weighted by Crippen LogP contribution is 2.23. The molecule has 1 unspecified atom stereocenters. The zero-order valence-corrected chi connectivity index (χ0v) is 11.2. The number of rotatable bonds is 6. The van der Waals surface area contributed by atoms with Crippen molar-refractivity contribution in [1.82, 2.24) is 10.2 Å². The quantitative estimate of drug-likeness (QED) is 0.831. The highest BCUT2D eigenvalue weighted by Gasteiger charge is 2.09. The monoisotopic (exact) mass is 246 g/mol. The molecule has 0 saturated heterocycles. The standard InChI is InChI=1S/C11H19ClN2S/c1-9(6-7-13-2)14(3)8-10-4-5-11(12)15-10/h4-5,9,13H,6-8H2,1-3H3. The second-order valence-corrected chi connectivity index (χ2v) is 5.66. The van der Waals surface area contributed by atoms with Gasteiger partial charge in [0.1, 0.15) is 0 Å². The van der Waals surface area contributed by atoms with E-state index >= 15 is 0 Å². The van der Waals surface area contributed by atoms with Gasteiger partial charge in [-0.05, 0) is 46.1 Å². The van der Waals surface area contributed by atoms with Crippen LogP contribution in [0.3, 0.4) is 0 Å². The molecule has 15 heavy (non-hydrogen) atoms. The van der Waals surface area contributed by atoms with E-state index in [9.17, 15) is 0 Å². The van der Waals surface area contributed by atoms with Crippen molar-refractivity contribution in [1.29, 1.82) is 0 Å². The molecule has 0 spiro atoms. The normalized spacial score (nSPS) is 13.4. The molecule has 0 saturated carbocycles. The van der Waals surface area contributed by atoms with Crippen LogP contribution in [0.2, 0.25) is 4.34 Å². The summed E-state index contributed by atoms with van der Waals surface area (Å²) in [6.07, 6.45) is 1.17. The van der Waals surface area contributed by atoms with Crippen molar-refractivity contribution in [2.24, 2.45) is 0 Å². The van der Waals surface area contributed by atoms with E-state index in [0.29, 0.717) is 6.04 Å².